The predicted molar refractivity (Wildman–Crippen MR) is 94.2 cm³/mol. The van der Waals surface area contributed by atoms with Gasteiger partial charge in [-0.15, -0.1) is 0 Å². The Morgan fingerprint density at radius 1 is 0.920 bits per heavy atom. The van der Waals surface area contributed by atoms with Crippen LogP contribution >= 0.6 is 0 Å². The number of carbonyl (C=O) groups is 2. The van der Waals surface area contributed by atoms with Crippen molar-refractivity contribution in [2.45, 2.75) is 18.8 Å². The Kier molecular flexibility index (Phi) is 6.39. The molecule has 0 bridgehead atoms. The minimum absolute atomic E-state index is 0.0741. The summed E-state index contributed by atoms with van der Waals surface area (Å²) in [6.45, 7) is 0. The van der Waals surface area contributed by atoms with Crippen LogP contribution in [-0.2, 0) is 9.59 Å². The largest absolute Gasteiger partial charge is 0.497 e. The summed E-state index contributed by atoms with van der Waals surface area (Å²) in [5.74, 6) is -0.229. The molecule has 6 nitrogen and oxygen atoms in total. The van der Waals surface area contributed by atoms with E-state index < -0.39 is 11.9 Å². The quantitative estimate of drug-likeness (QED) is 0.768. The molecule has 1 amide bonds. The number of aliphatic carboxylic acids is 1. The van der Waals surface area contributed by atoms with Crippen LogP contribution < -0.4 is 14.8 Å². The first-order valence-electron chi connectivity index (χ1n) is 7.81. The first kappa shape index (κ1) is 18.3. The van der Waals surface area contributed by atoms with Gasteiger partial charge in [0.25, 0.3) is 0 Å². The fraction of sp³-hybridized carbons (Fsp3) is 0.263. The van der Waals surface area contributed by atoms with Crippen LogP contribution in [0.25, 0.3) is 0 Å². The third-order valence-electron chi connectivity index (χ3n) is 3.81. The zero-order chi connectivity index (χ0) is 18.2. The fourth-order valence-electron chi connectivity index (χ4n) is 2.50. The molecular weight excluding hydrogens is 322 g/mol. The highest BCUT2D eigenvalue weighted by Crippen LogP contribution is 2.26. The van der Waals surface area contributed by atoms with Crippen molar-refractivity contribution in [2.75, 3.05) is 19.5 Å². The number of hydrogen-bond donors (Lipinski definition) is 2. The maximum atomic E-state index is 12.3. The molecule has 2 aromatic carbocycles. The van der Waals surface area contributed by atoms with Gasteiger partial charge in [-0.1, -0.05) is 12.1 Å². The van der Waals surface area contributed by atoms with Gasteiger partial charge in [-0.2, -0.15) is 0 Å². The van der Waals surface area contributed by atoms with Crippen molar-refractivity contribution in [3.8, 4) is 11.5 Å². The first-order valence-corrected chi connectivity index (χ1v) is 7.81. The minimum atomic E-state index is -0.946. The van der Waals surface area contributed by atoms with Gasteiger partial charge in [-0.3, -0.25) is 9.59 Å². The predicted octanol–water partition coefficient (Wildman–Crippen LogP) is 3.29. The number of carboxylic acids is 1. The highest BCUT2D eigenvalue weighted by Gasteiger charge is 2.19. The molecule has 0 unspecified atom stereocenters. The van der Waals surface area contributed by atoms with E-state index in [0.717, 1.165) is 5.56 Å². The molecule has 0 saturated carbocycles. The second kappa shape index (κ2) is 8.73. The summed E-state index contributed by atoms with van der Waals surface area (Å²) < 4.78 is 10.2. The van der Waals surface area contributed by atoms with Crippen LogP contribution in [0.1, 0.15) is 24.3 Å². The second-order valence-corrected chi connectivity index (χ2v) is 5.55. The van der Waals surface area contributed by atoms with Crippen LogP contribution in [0.2, 0.25) is 0 Å². The molecule has 0 radical (unpaired) electrons. The highest BCUT2D eigenvalue weighted by molar-refractivity contribution is 5.91. The van der Waals surface area contributed by atoms with Gasteiger partial charge in [0.2, 0.25) is 5.91 Å². The zero-order valence-corrected chi connectivity index (χ0v) is 14.2. The summed E-state index contributed by atoms with van der Waals surface area (Å²) in [4.78, 5) is 23.4. The number of ether oxygens (including phenoxy) is 2. The molecule has 0 aliphatic rings. The van der Waals surface area contributed by atoms with Crippen LogP contribution in [-0.4, -0.2) is 31.2 Å². The molecule has 132 valence electrons. The zero-order valence-electron chi connectivity index (χ0n) is 14.2. The van der Waals surface area contributed by atoms with Crippen molar-refractivity contribution in [1.29, 1.82) is 0 Å². The second-order valence-electron chi connectivity index (χ2n) is 5.55. The van der Waals surface area contributed by atoms with Crippen LogP contribution in [0, 0.1) is 0 Å². The summed E-state index contributed by atoms with van der Waals surface area (Å²) in [5, 5.41) is 11.9. The van der Waals surface area contributed by atoms with Crippen molar-refractivity contribution in [3.63, 3.8) is 0 Å². The van der Waals surface area contributed by atoms with Crippen molar-refractivity contribution >= 4 is 17.6 Å². The standard InChI is InChI=1S/C19H21NO5/c1-24-16-7-3-13(4-8-16)14(12-19(22)23)11-18(21)20-15-5-9-17(25-2)10-6-15/h3-10,14H,11-12H2,1-2H3,(H,20,21)(H,22,23)/t14-/m0/s1. The molecule has 2 aromatic rings. The monoisotopic (exact) mass is 343 g/mol. The summed E-state index contributed by atoms with van der Waals surface area (Å²) >= 11 is 0. The lowest BCUT2D eigenvalue weighted by Crippen LogP contribution is -2.17. The Morgan fingerprint density at radius 3 is 1.92 bits per heavy atom. The van der Waals surface area contributed by atoms with E-state index in [1.165, 1.54) is 0 Å². The molecule has 6 heteroatoms. The van der Waals surface area contributed by atoms with Crippen molar-refractivity contribution < 1.29 is 24.2 Å². The number of amides is 1. The molecule has 0 aromatic heterocycles. The number of carboxylic acid groups (broad SMARTS) is 1. The highest BCUT2D eigenvalue weighted by atomic mass is 16.5. The van der Waals surface area contributed by atoms with Crippen molar-refractivity contribution in [3.05, 3.63) is 54.1 Å². The van der Waals surface area contributed by atoms with E-state index in [9.17, 15) is 9.59 Å². The lowest BCUT2D eigenvalue weighted by atomic mass is 9.92. The number of rotatable bonds is 8. The maximum Gasteiger partial charge on any atom is 0.303 e. The van der Waals surface area contributed by atoms with E-state index in [1.54, 1.807) is 62.8 Å². The van der Waals surface area contributed by atoms with Crippen LogP contribution in [0.4, 0.5) is 5.69 Å². The van der Waals surface area contributed by atoms with Gasteiger partial charge in [0.1, 0.15) is 11.5 Å². The molecule has 0 heterocycles. The Bertz CT molecular complexity index is 710. The number of carbonyl (C=O) groups excluding carboxylic acids is 1. The molecule has 0 saturated heterocycles. The molecule has 0 spiro atoms. The van der Waals surface area contributed by atoms with Crippen LogP contribution in [0.15, 0.2) is 48.5 Å². The Morgan fingerprint density at radius 2 is 1.44 bits per heavy atom. The normalized spacial score (nSPS) is 11.4. The minimum Gasteiger partial charge on any atom is -0.497 e. The van der Waals surface area contributed by atoms with Gasteiger partial charge in [0.05, 0.1) is 20.6 Å². The van der Waals surface area contributed by atoms with Crippen LogP contribution in [0.3, 0.4) is 0 Å². The van der Waals surface area contributed by atoms with Gasteiger partial charge >= 0.3 is 5.97 Å². The smallest absolute Gasteiger partial charge is 0.303 e. The third-order valence-corrected chi connectivity index (χ3v) is 3.81. The molecule has 2 rings (SSSR count). The van der Waals surface area contributed by atoms with E-state index >= 15 is 0 Å². The first-order chi connectivity index (χ1) is 12.0. The fourth-order valence-corrected chi connectivity index (χ4v) is 2.50. The Labute approximate surface area is 146 Å². The molecule has 25 heavy (non-hydrogen) atoms. The molecule has 0 fully saturated rings. The van der Waals surface area contributed by atoms with Gasteiger partial charge in [-0.05, 0) is 42.0 Å². The number of benzene rings is 2. The van der Waals surface area contributed by atoms with E-state index in [-0.39, 0.29) is 18.7 Å². The summed E-state index contributed by atoms with van der Waals surface area (Å²) in [7, 11) is 3.13. The number of hydrogen-bond acceptors (Lipinski definition) is 4. The Hall–Kier alpha value is -3.02. The third kappa shape index (κ3) is 5.53. The molecular formula is C19H21NO5. The average molecular weight is 343 g/mol. The molecule has 2 N–H and O–H groups in total. The van der Waals surface area contributed by atoms with E-state index in [0.29, 0.717) is 17.2 Å². The molecule has 1 atom stereocenters. The summed E-state index contributed by atoms with van der Waals surface area (Å²) in [5.41, 5.74) is 1.42. The van der Waals surface area contributed by atoms with E-state index in [2.05, 4.69) is 5.32 Å². The van der Waals surface area contributed by atoms with Gasteiger partial charge in [-0.25, -0.2) is 0 Å². The average Bonchev–Trinajstić information content (AvgIpc) is 2.61. The lowest BCUT2D eigenvalue weighted by Gasteiger charge is -2.16. The number of nitrogens with one attached hydrogen (secondary N) is 1. The van der Waals surface area contributed by atoms with Gasteiger partial charge < -0.3 is 19.9 Å². The Balaban J connectivity index is 2.06. The number of anilines is 1. The lowest BCUT2D eigenvalue weighted by molar-refractivity contribution is -0.137. The topological polar surface area (TPSA) is 84.9 Å². The van der Waals surface area contributed by atoms with E-state index in [4.69, 9.17) is 14.6 Å². The summed E-state index contributed by atoms with van der Waals surface area (Å²) in [6, 6.07) is 14.0. The number of methoxy groups -OCH3 is 2. The van der Waals surface area contributed by atoms with E-state index in [1.807, 2.05) is 0 Å². The van der Waals surface area contributed by atoms with Crippen LogP contribution in [0.5, 0.6) is 11.5 Å². The van der Waals surface area contributed by atoms with Crippen molar-refractivity contribution in [2.24, 2.45) is 0 Å². The molecule has 0 aliphatic heterocycles. The summed E-state index contributed by atoms with van der Waals surface area (Å²) in [6.07, 6.45) is -0.0486. The van der Waals surface area contributed by atoms with Crippen molar-refractivity contribution in [1.82, 2.24) is 0 Å². The maximum absolute atomic E-state index is 12.3. The molecule has 0 aliphatic carbocycles. The van der Waals surface area contributed by atoms with Gasteiger partial charge in [0, 0.05) is 18.0 Å². The SMILES string of the molecule is COc1ccc(NC(=O)C[C@@H](CC(=O)O)c2ccc(OC)cc2)cc1. The van der Waals surface area contributed by atoms with Gasteiger partial charge in [0.15, 0.2) is 0 Å².